The van der Waals surface area contributed by atoms with Crippen LogP contribution in [0.2, 0.25) is 0 Å². The van der Waals surface area contributed by atoms with E-state index in [0.29, 0.717) is 12.2 Å². The van der Waals surface area contributed by atoms with E-state index in [1.165, 1.54) is 0 Å². The van der Waals surface area contributed by atoms with Crippen LogP contribution < -0.4 is 10.2 Å². The van der Waals surface area contributed by atoms with Crippen LogP contribution in [0, 0.1) is 0 Å². The number of fused-ring (bicyclic) bond motifs is 2. The van der Waals surface area contributed by atoms with Crippen molar-refractivity contribution in [3.05, 3.63) is 24.4 Å². The maximum atomic E-state index is 5.84. The Hall–Kier alpha value is -1.13. The van der Waals surface area contributed by atoms with Gasteiger partial charge in [0.2, 0.25) is 0 Å². The minimum atomic E-state index is 0.319. The highest BCUT2D eigenvalue weighted by atomic mass is 16.5. The number of nitrogens with one attached hydrogen (secondary N) is 1. The van der Waals surface area contributed by atoms with E-state index in [0.717, 1.165) is 32.0 Å². The molecule has 4 heteroatoms. The molecule has 0 aromatic carbocycles. The van der Waals surface area contributed by atoms with Crippen LogP contribution in [0.4, 0.5) is 5.82 Å². The smallest absolute Gasteiger partial charge is 0.128 e. The molecule has 2 aliphatic heterocycles. The molecular formula is C11H15N3O. The van der Waals surface area contributed by atoms with Gasteiger partial charge >= 0.3 is 0 Å². The second-order valence-corrected chi connectivity index (χ2v) is 4.13. The van der Waals surface area contributed by atoms with Gasteiger partial charge in [-0.2, -0.15) is 0 Å². The van der Waals surface area contributed by atoms with Gasteiger partial charge in [-0.15, -0.1) is 0 Å². The van der Waals surface area contributed by atoms with E-state index in [-0.39, 0.29) is 0 Å². The number of pyridine rings is 1. The summed E-state index contributed by atoms with van der Waals surface area (Å²) in [7, 11) is 0. The van der Waals surface area contributed by atoms with Crippen molar-refractivity contribution in [2.45, 2.75) is 12.2 Å². The zero-order valence-corrected chi connectivity index (χ0v) is 8.60. The first-order valence-electron chi connectivity index (χ1n) is 5.44. The van der Waals surface area contributed by atoms with Crippen molar-refractivity contribution in [3.63, 3.8) is 0 Å². The molecule has 1 aromatic rings. The molecule has 3 rings (SSSR count). The molecule has 2 bridgehead atoms. The molecule has 0 saturated carbocycles. The fourth-order valence-electron chi connectivity index (χ4n) is 2.28. The van der Waals surface area contributed by atoms with Gasteiger partial charge in [0.25, 0.3) is 0 Å². The summed E-state index contributed by atoms with van der Waals surface area (Å²) < 4.78 is 5.84. The molecule has 0 radical (unpaired) electrons. The van der Waals surface area contributed by atoms with Crippen LogP contribution in [0.3, 0.4) is 0 Å². The molecule has 2 aliphatic rings. The highest BCUT2D eigenvalue weighted by Crippen LogP contribution is 2.19. The minimum Gasteiger partial charge on any atom is -0.369 e. The molecule has 3 heterocycles. The van der Waals surface area contributed by atoms with Gasteiger partial charge in [-0.25, -0.2) is 4.98 Å². The van der Waals surface area contributed by atoms with E-state index in [2.05, 4.69) is 21.3 Å². The molecule has 2 fully saturated rings. The summed E-state index contributed by atoms with van der Waals surface area (Å²) >= 11 is 0. The summed E-state index contributed by atoms with van der Waals surface area (Å²) in [5, 5.41) is 3.39. The van der Waals surface area contributed by atoms with Gasteiger partial charge in [0.05, 0.1) is 12.2 Å². The Balaban J connectivity index is 1.78. The molecule has 2 unspecified atom stereocenters. The molecule has 80 valence electrons. The maximum absolute atomic E-state index is 5.84. The second kappa shape index (κ2) is 3.79. The van der Waals surface area contributed by atoms with Crippen molar-refractivity contribution in [2.75, 3.05) is 31.1 Å². The lowest BCUT2D eigenvalue weighted by atomic mass is 10.1. The largest absolute Gasteiger partial charge is 0.369 e. The molecule has 0 aliphatic carbocycles. The van der Waals surface area contributed by atoms with Crippen molar-refractivity contribution in [2.24, 2.45) is 0 Å². The van der Waals surface area contributed by atoms with Crippen molar-refractivity contribution >= 4 is 5.82 Å². The van der Waals surface area contributed by atoms with E-state index in [9.17, 15) is 0 Å². The standard InChI is InChI=1S/C11H15N3O/c1-2-4-13-11(3-1)14-7-9-5-12-6-10(8-14)15-9/h1-4,9-10,12H,5-8H2. The Labute approximate surface area is 89.3 Å². The summed E-state index contributed by atoms with van der Waals surface area (Å²) in [5.74, 6) is 1.07. The molecule has 0 amide bonds. The van der Waals surface area contributed by atoms with E-state index in [4.69, 9.17) is 4.74 Å². The first kappa shape index (κ1) is 9.12. The minimum absolute atomic E-state index is 0.319. The van der Waals surface area contributed by atoms with Crippen LogP contribution in [0.25, 0.3) is 0 Å². The molecule has 2 saturated heterocycles. The zero-order chi connectivity index (χ0) is 10.1. The normalized spacial score (nSPS) is 30.3. The maximum Gasteiger partial charge on any atom is 0.128 e. The van der Waals surface area contributed by atoms with Crippen molar-refractivity contribution in [1.29, 1.82) is 0 Å². The van der Waals surface area contributed by atoms with Gasteiger partial charge in [0.1, 0.15) is 5.82 Å². The van der Waals surface area contributed by atoms with E-state index < -0.39 is 0 Å². The van der Waals surface area contributed by atoms with Gasteiger partial charge in [-0.05, 0) is 12.1 Å². The quantitative estimate of drug-likeness (QED) is 0.713. The van der Waals surface area contributed by atoms with Crippen LogP contribution in [-0.2, 0) is 4.74 Å². The highest BCUT2D eigenvalue weighted by molar-refractivity contribution is 5.38. The van der Waals surface area contributed by atoms with E-state index in [1.54, 1.807) is 0 Å². The number of hydrogen-bond acceptors (Lipinski definition) is 4. The molecule has 4 nitrogen and oxygen atoms in total. The molecule has 0 spiro atoms. The monoisotopic (exact) mass is 205 g/mol. The average molecular weight is 205 g/mol. The van der Waals surface area contributed by atoms with E-state index >= 15 is 0 Å². The summed E-state index contributed by atoms with van der Waals surface area (Å²) in [6.45, 7) is 3.81. The number of anilines is 1. The topological polar surface area (TPSA) is 37.4 Å². The number of morpholine rings is 2. The lowest BCUT2D eigenvalue weighted by Crippen LogP contribution is -2.58. The van der Waals surface area contributed by atoms with Crippen LogP contribution >= 0.6 is 0 Å². The number of hydrogen-bond donors (Lipinski definition) is 1. The number of aromatic nitrogens is 1. The predicted molar refractivity (Wildman–Crippen MR) is 58.0 cm³/mol. The first-order valence-corrected chi connectivity index (χ1v) is 5.44. The number of rotatable bonds is 1. The summed E-state index contributed by atoms with van der Waals surface area (Å²) in [5.41, 5.74) is 0. The molecule has 2 atom stereocenters. The lowest BCUT2D eigenvalue weighted by Gasteiger charge is -2.42. The lowest BCUT2D eigenvalue weighted by molar-refractivity contribution is -0.0485. The van der Waals surface area contributed by atoms with Crippen molar-refractivity contribution in [3.8, 4) is 0 Å². The van der Waals surface area contributed by atoms with Gasteiger partial charge in [0, 0.05) is 32.4 Å². The van der Waals surface area contributed by atoms with Gasteiger partial charge < -0.3 is 15.0 Å². The predicted octanol–water partition coefficient (Wildman–Crippen LogP) is 0.259. The van der Waals surface area contributed by atoms with Crippen molar-refractivity contribution in [1.82, 2.24) is 10.3 Å². The van der Waals surface area contributed by atoms with Crippen LogP contribution in [0.1, 0.15) is 0 Å². The Bertz CT molecular complexity index is 318. The van der Waals surface area contributed by atoms with E-state index in [1.807, 2.05) is 18.3 Å². The van der Waals surface area contributed by atoms with Crippen LogP contribution in [0.15, 0.2) is 24.4 Å². The SMILES string of the molecule is c1ccc(N2CC3CNCC(C2)O3)nc1. The third kappa shape index (κ3) is 1.82. The Morgan fingerprint density at radius 3 is 2.73 bits per heavy atom. The summed E-state index contributed by atoms with van der Waals surface area (Å²) in [6.07, 6.45) is 2.48. The Morgan fingerprint density at radius 2 is 2.07 bits per heavy atom. The number of ether oxygens (including phenoxy) is 1. The van der Waals surface area contributed by atoms with Crippen LogP contribution in [-0.4, -0.2) is 43.4 Å². The molecule has 15 heavy (non-hydrogen) atoms. The summed E-state index contributed by atoms with van der Waals surface area (Å²) in [4.78, 5) is 6.70. The molecular weight excluding hydrogens is 190 g/mol. The molecule has 1 aromatic heterocycles. The average Bonchev–Trinajstić information content (AvgIpc) is 2.30. The van der Waals surface area contributed by atoms with Gasteiger partial charge in [0.15, 0.2) is 0 Å². The Morgan fingerprint density at radius 1 is 1.27 bits per heavy atom. The van der Waals surface area contributed by atoms with Crippen LogP contribution in [0.5, 0.6) is 0 Å². The Kier molecular flexibility index (Phi) is 2.31. The van der Waals surface area contributed by atoms with Gasteiger partial charge in [-0.1, -0.05) is 6.07 Å². The van der Waals surface area contributed by atoms with Gasteiger partial charge in [-0.3, -0.25) is 0 Å². The fraction of sp³-hybridized carbons (Fsp3) is 0.545. The zero-order valence-electron chi connectivity index (χ0n) is 8.60. The van der Waals surface area contributed by atoms with Crippen molar-refractivity contribution < 1.29 is 4.74 Å². The second-order valence-electron chi connectivity index (χ2n) is 4.13. The third-order valence-corrected chi connectivity index (χ3v) is 2.95. The first-order chi connectivity index (χ1) is 7.42. The fourth-order valence-corrected chi connectivity index (χ4v) is 2.28. The molecule has 1 N–H and O–H groups in total. The third-order valence-electron chi connectivity index (χ3n) is 2.95. The number of nitrogens with zero attached hydrogens (tertiary/aromatic N) is 2. The summed E-state index contributed by atoms with van der Waals surface area (Å²) in [6, 6.07) is 6.05. The highest BCUT2D eigenvalue weighted by Gasteiger charge is 2.31.